The van der Waals surface area contributed by atoms with Gasteiger partial charge in [-0.3, -0.25) is 0 Å². The minimum Gasteiger partial charge on any atom is -0.497 e. The molecule has 0 unspecified atom stereocenters. The lowest BCUT2D eigenvalue weighted by atomic mass is 10.0. The molecule has 0 radical (unpaired) electrons. The van der Waals surface area contributed by atoms with E-state index in [0.29, 0.717) is 29.7 Å². The van der Waals surface area contributed by atoms with Gasteiger partial charge in [0.15, 0.2) is 0 Å². The molecule has 0 aromatic heterocycles. The standard InChI is InChI=1S/C30H54O4Si/c1-10-12-13-14-15-16-28(33-22-26-17-19-27(32-9)20-18-26)21-30(29(31)11-2)34-35(23(3)4,24(5)6)25(7)8/h11,17-20,23-25,28-31H,2,10,12-16,21-22H2,1,3-9H3/t28-,29+,30+/m1/s1. The molecule has 0 amide bonds. The largest absolute Gasteiger partial charge is 0.497 e. The second kappa shape index (κ2) is 16.6. The van der Waals surface area contributed by atoms with E-state index >= 15 is 0 Å². The summed E-state index contributed by atoms with van der Waals surface area (Å²) in [6.07, 6.45) is 8.44. The lowest BCUT2D eigenvalue weighted by Crippen LogP contribution is -2.52. The van der Waals surface area contributed by atoms with Crippen LogP contribution in [-0.4, -0.2) is 38.8 Å². The summed E-state index contributed by atoms with van der Waals surface area (Å²) in [6, 6.07) is 8.05. The van der Waals surface area contributed by atoms with Crippen LogP contribution in [0.1, 0.15) is 99.0 Å². The Bertz CT molecular complexity index is 664. The number of unbranched alkanes of at least 4 members (excludes halogenated alkanes) is 4. The molecular weight excluding hydrogens is 452 g/mol. The number of aliphatic hydroxyl groups is 1. The zero-order chi connectivity index (χ0) is 26.4. The van der Waals surface area contributed by atoms with Crippen molar-refractivity contribution in [3.63, 3.8) is 0 Å². The molecule has 0 fully saturated rings. The molecule has 3 atom stereocenters. The predicted octanol–water partition coefficient (Wildman–Crippen LogP) is 8.44. The first-order valence-corrected chi connectivity index (χ1v) is 16.0. The van der Waals surface area contributed by atoms with Crippen LogP contribution in [0.15, 0.2) is 36.9 Å². The molecule has 0 aliphatic rings. The van der Waals surface area contributed by atoms with Crippen molar-refractivity contribution in [2.45, 2.75) is 135 Å². The third-order valence-corrected chi connectivity index (χ3v) is 13.6. The number of hydrogen-bond donors (Lipinski definition) is 1. The first-order chi connectivity index (χ1) is 16.6. The highest BCUT2D eigenvalue weighted by Gasteiger charge is 2.47. The molecule has 0 saturated carbocycles. The average molecular weight is 507 g/mol. The van der Waals surface area contributed by atoms with Gasteiger partial charge in [-0.1, -0.05) is 98.8 Å². The molecule has 1 aromatic carbocycles. The van der Waals surface area contributed by atoms with E-state index in [2.05, 4.69) is 67.2 Å². The third kappa shape index (κ3) is 10.0. The monoisotopic (exact) mass is 506 g/mol. The smallest absolute Gasteiger partial charge is 0.200 e. The summed E-state index contributed by atoms with van der Waals surface area (Å²) in [5, 5.41) is 11.0. The normalized spacial score (nSPS) is 15.0. The second-order valence-electron chi connectivity index (χ2n) is 10.9. The Morgan fingerprint density at radius 1 is 0.914 bits per heavy atom. The van der Waals surface area contributed by atoms with Crippen molar-refractivity contribution < 1.29 is 19.0 Å². The fourth-order valence-corrected chi connectivity index (χ4v) is 11.1. The maximum atomic E-state index is 11.0. The number of benzene rings is 1. The first-order valence-electron chi connectivity index (χ1n) is 13.8. The molecule has 5 heteroatoms. The first kappa shape index (κ1) is 31.9. The quantitative estimate of drug-likeness (QED) is 0.116. The summed E-state index contributed by atoms with van der Waals surface area (Å²) < 4.78 is 18.8. The maximum Gasteiger partial charge on any atom is 0.200 e. The summed E-state index contributed by atoms with van der Waals surface area (Å²) in [7, 11) is -0.480. The molecule has 1 aromatic rings. The van der Waals surface area contributed by atoms with E-state index in [1.165, 1.54) is 25.7 Å². The highest BCUT2D eigenvalue weighted by atomic mass is 28.4. The van der Waals surface area contributed by atoms with Gasteiger partial charge in [-0.2, -0.15) is 0 Å². The lowest BCUT2D eigenvalue weighted by Gasteiger charge is -2.45. The Kier molecular flexibility index (Phi) is 15.1. The Morgan fingerprint density at radius 3 is 1.97 bits per heavy atom. The van der Waals surface area contributed by atoms with Gasteiger partial charge in [0.2, 0.25) is 8.32 Å². The molecule has 0 heterocycles. The highest BCUT2D eigenvalue weighted by molar-refractivity contribution is 6.77. The number of ether oxygens (including phenoxy) is 2. The van der Waals surface area contributed by atoms with E-state index < -0.39 is 14.4 Å². The van der Waals surface area contributed by atoms with Gasteiger partial charge in [-0.05, 0) is 40.7 Å². The molecule has 0 aliphatic carbocycles. The van der Waals surface area contributed by atoms with Gasteiger partial charge in [0.1, 0.15) is 5.75 Å². The van der Waals surface area contributed by atoms with Crippen LogP contribution < -0.4 is 4.74 Å². The van der Waals surface area contributed by atoms with Gasteiger partial charge in [-0.25, -0.2) is 0 Å². The highest BCUT2D eigenvalue weighted by Crippen LogP contribution is 2.44. The molecule has 35 heavy (non-hydrogen) atoms. The van der Waals surface area contributed by atoms with Crippen molar-refractivity contribution in [2.75, 3.05) is 7.11 Å². The molecule has 0 saturated heterocycles. The van der Waals surface area contributed by atoms with Crippen LogP contribution in [0.3, 0.4) is 0 Å². The van der Waals surface area contributed by atoms with Crippen LogP contribution >= 0.6 is 0 Å². The molecule has 0 bridgehead atoms. The van der Waals surface area contributed by atoms with Gasteiger partial charge in [0.25, 0.3) is 0 Å². The summed E-state index contributed by atoms with van der Waals surface area (Å²) in [6.45, 7) is 20.4. The van der Waals surface area contributed by atoms with Crippen molar-refractivity contribution in [1.82, 2.24) is 0 Å². The van der Waals surface area contributed by atoms with Crippen LogP contribution in [0.4, 0.5) is 0 Å². The van der Waals surface area contributed by atoms with E-state index in [-0.39, 0.29) is 12.2 Å². The van der Waals surface area contributed by atoms with Crippen molar-refractivity contribution in [3.8, 4) is 5.75 Å². The van der Waals surface area contributed by atoms with Crippen LogP contribution in [0.2, 0.25) is 16.6 Å². The second-order valence-corrected chi connectivity index (χ2v) is 16.3. The van der Waals surface area contributed by atoms with Gasteiger partial charge >= 0.3 is 0 Å². The van der Waals surface area contributed by atoms with Gasteiger partial charge in [0.05, 0.1) is 32.0 Å². The van der Waals surface area contributed by atoms with Crippen molar-refractivity contribution in [2.24, 2.45) is 0 Å². The van der Waals surface area contributed by atoms with E-state index in [0.717, 1.165) is 24.2 Å². The Labute approximate surface area is 217 Å². The topological polar surface area (TPSA) is 47.9 Å². The van der Waals surface area contributed by atoms with Crippen molar-refractivity contribution in [3.05, 3.63) is 42.5 Å². The molecule has 4 nitrogen and oxygen atoms in total. The average Bonchev–Trinajstić information content (AvgIpc) is 2.83. The van der Waals surface area contributed by atoms with Gasteiger partial charge in [0, 0.05) is 6.42 Å². The number of aliphatic hydroxyl groups excluding tert-OH is 1. The molecule has 0 aliphatic heterocycles. The number of hydrogen-bond acceptors (Lipinski definition) is 4. The summed E-state index contributed by atoms with van der Waals surface area (Å²) >= 11 is 0. The summed E-state index contributed by atoms with van der Waals surface area (Å²) in [5.74, 6) is 0.848. The number of rotatable bonds is 19. The van der Waals surface area contributed by atoms with Crippen molar-refractivity contribution in [1.29, 1.82) is 0 Å². The molecular formula is C30H54O4Si. The minimum absolute atomic E-state index is 0.0246. The van der Waals surface area contributed by atoms with Crippen molar-refractivity contribution >= 4 is 8.32 Å². The third-order valence-electron chi connectivity index (χ3n) is 7.45. The van der Waals surface area contributed by atoms with Crippen LogP contribution in [0, 0.1) is 0 Å². The summed E-state index contributed by atoms with van der Waals surface area (Å²) in [5.41, 5.74) is 2.48. The maximum absolute atomic E-state index is 11.0. The minimum atomic E-state index is -2.16. The van der Waals surface area contributed by atoms with Crippen LogP contribution in [0.25, 0.3) is 0 Å². The summed E-state index contributed by atoms with van der Waals surface area (Å²) in [4.78, 5) is 0. The fourth-order valence-electron chi connectivity index (χ4n) is 5.52. The predicted molar refractivity (Wildman–Crippen MR) is 152 cm³/mol. The van der Waals surface area contributed by atoms with Gasteiger partial charge in [-0.15, -0.1) is 6.58 Å². The van der Waals surface area contributed by atoms with E-state index in [4.69, 9.17) is 13.9 Å². The van der Waals surface area contributed by atoms with Crippen LogP contribution in [0.5, 0.6) is 5.75 Å². The molecule has 202 valence electrons. The van der Waals surface area contributed by atoms with Gasteiger partial charge < -0.3 is 19.0 Å². The Balaban J connectivity index is 3.06. The zero-order valence-corrected chi connectivity index (χ0v) is 24.9. The number of methoxy groups -OCH3 is 1. The van der Waals surface area contributed by atoms with E-state index in [1.807, 2.05) is 12.1 Å². The fraction of sp³-hybridized carbons (Fsp3) is 0.733. The molecule has 1 rings (SSSR count). The Hall–Kier alpha value is -1.14. The SMILES string of the molecule is C=C[C@H](O)[C@H](C[C@@H](CCCCCCC)OCc1ccc(OC)cc1)O[Si](C(C)C)(C(C)C)C(C)C. The molecule has 1 N–H and O–H groups in total. The Morgan fingerprint density at radius 2 is 1.49 bits per heavy atom. The molecule has 0 spiro atoms. The van der Waals surface area contributed by atoms with E-state index in [1.54, 1.807) is 13.2 Å². The van der Waals surface area contributed by atoms with Crippen LogP contribution in [-0.2, 0) is 15.8 Å². The zero-order valence-electron chi connectivity index (χ0n) is 23.9. The van der Waals surface area contributed by atoms with E-state index in [9.17, 15) is 5.11 Å². The lowest BCUT2D eigenvalue weighted by molar-refractivity contribution is -0.0265.